The molecule has 216 valence electrons. The van der Waals surface area contributed by atoms with Crippen LogP contribution in [0.4, 0.5) is 5.82 Å². The summed E-state index contributed by atoms with van der Waals surface area (Å²) in [5, 5.41) is 21.4. The predicted molar refractivity (Wildman–Crippen MR) is 137 cm³/mol. The third-order valence-electron chi connectivity index (χ3n) is 5.09. The van der Waals surface area contributed by atoms with Gasteiger partial charge in [0.1, 0.15) is 23.8 Å². The van der Waals surface area contributed by atoms with Gasteiger partial charge < -0.3 is 44.8 Å². The van der Waals surface area contributed by atoms with Crippen molar-refractivity contribution in [2.75, 3.05) is 18.1 Å². The van der Waals surface area contributed by atoms with Crippen LogP contribution in [0.3, 0.4) is 0 Å². The number of hydrogen-bond acceptors (Lipinski definition) is 14. The lowest BCUT2D eigenvalue weighted by atomic mass is 10.1. The molecule has 17 nitrogen and oxygen atoms in total. The summed E-state index contributed by atoms with van der Waals surface area (Å²) < 4.78 is 42.0. The van der Waals surface area contributed by atoms with Gasteiger partial charge >= 0.3 is 22.4 Å². The molecule has 0 amide bonds. The number of nitrogens with two attached hydrogens (primary N) is 1. The molecule has 22 heteroatoms. The average molecular weight is 639 g/mol. The molecule has 3 rings (SSSR count). The number of nitrogen functional groups attached to an aromatic ring is 1. The molecule has 0 bridgehead atoms. The van der Waals surface area contributed by atoms with E-state index in [4.69, 9.17) is 24.8 Å². The number of rotatable bonds is 14. The molecule has 0 radical (unpaired) electrons. The SMILES string of the molecule is CCCCCCSc1nc(N)c2ncn([C@@H]3O[C@H](COP(O)(=S)OP(=O)(O)OP(=O)(O)O)[C@@H](O)[C@H]3O)c2n1. The van der Waals surface area contributed by atoms with Crippen LogP contribution in [0.5, 0.6) is 0 Å². The zero-order chi connectivity index (χ0) is 28.3. The van der Waals surface area contributed by atoms with Crippen molar-refractivity contribution in [3.63, 3.8) is 0 Å². The van der Waals surface area contributed by atoms with Gasteiger partial charge in [0, 0.05) is 5.75 Å². The molecule has 1 aliphatic heterocycles. The van der Waals surface area contributed by atoms with E-state index in [2.05, 4.69) is 42.3 Å². The summed E-state index contributed by atoms with van der Waals surface area (Å²) in [6.07, 6.45) is -0.148. The molecule has 0 saturated carbocycles. The van der Waals surface area contributed by atoms with E-state index in [1.54, 1.807) is 0 Å². The van der Waals surface area contributed by atoms with Gasteiger partial charge in [-0.3, -0.25) is 4.57 Å². The van der Waals surface area contributed by atoms with E-state index in [0.717, 1.165) is 31.4 Å². The van der Waals surface area contributed by atoms with Gasteiger partial charge in [0.2, 0.25) is 0 Å². The van der Waals surface area contributed by atoms with Gasteiger partial charge in [-0.2, -0.15) is 4.31 Å². The first-order valence-corrected chi connectivity index (χ1v) is 17.7. The topological polar surface area (TPSA) is 262 Å². The van der Waals surface area contributed by atoms with Crippen molar-refractivity contribution in [2.24, 2.45) is 0 Å². The highest BCUT2D eigenvalue weighted by molar-refractivity contribution is 8.08. The standard InChI is InChI=1S/C16H28N5O12P3S2/c1-2-3-4-5-6-38-16-19-13(17)10-14(20-16)21(8-18-10)15-12(23)11(22)9(31-15)7-30-36(29,37)33-35(27,28)32-34(24,25)26/h8-9,11-12,15,22-23H,2-7H2,1H3,(H,27,28)(H,29,37)(H2,17,19,20)(H2,24,25,26)/t9-,11-,12-,15-,36?/m1/s1. The largest absolute Gasteiger partial charge is 0.488 e. The molecule has 1 saturated heterocycles. The molecule has 0 aromatic carbocycles. The van der Waals surface area contributed by atoms with Crippen LogP contribution in [0.2, 0.25) is 0 Å². The van der Waals surface area contributed by atoms with E-state index in [-0.39, 0.29) is 17.0 Å². The Hall–Kier alpha value is -0.590. The molecule has 1 aliphatic rings. The van der Waals surface area contributed by atoms with Gasteiger partial charge in [-0.05, 0) is 18.2 Å². The van der Waals surface area contributed by atoms with Crippen molar-refractivity contribution < 1.29 is 56.8 Å². The van der Waals surface area contributed by atoms with Crippen LogP contribution in [0, 0.1) is 0 Å². The maximum Gasteiger partial charge on any atom is 0.488 e. The molecule has 2 aromatic rings. The maximum absolute atomic E-state index is 11.6. The molecule has 0 spiro atoms. The second kappa shape index (κ2) is 12.9. The lowest BCUT2D eigenvalue weighted by Gasteiger charge is -2.21. The van der Waals surface area contributed by atoms with Crippen molar-refractivity contribution in [1.82, 2.24) is 19.5 Å². The fourth-order valence-corrected chi connectivity index (χ4v) is 8.24. The van der Waals surface area contributed by atoms with Gasteiger partial charge in [0.05, 0.1) is 12.9 Å². The monoisotopic (exact) mass is 639 g/mol. The summed E-state index contributed by atoms with van der Waals surface area (Å²) in [5.74, 6) is 0.886. The Labute approximate surface area is 225 Å². The molecule has 0 aliphatic carbocycles. The number of aliphatic hydroxyl groups is 2. The third-order valence-corrected chi connectivity index (χ3v) is 10.7. The number of phosphoric acid groups is 2. The number of nitrogens with zero attached hydrogens (tertiary/aromatic N) is 4. The Morgan fingerprint density at radius 2 is 1.84 bits per heavy atom. The minimum Gasteiger partial charge on any atom is -0.387 e. The van der Waals surface area contributed by atoms with Gasteiger partial charge in [0.15, 0.2) is 22.8 Å². The molecule has 8 N–H and O–H groups in total. The Bertz CT molecular complexity index is 1260. The minimum absolute atomic E-state index is 0.113. The molecular formula is C16H28N5O12P3S2. The number of hydrogen-bond donors (Lipinski definition) is 7. The van der Waals surface area contributed by atoms with E-state index in [0.29, 0.717) is 5.16 Å². The van der Waals surface area contributed by atoms with Crippen molar-refractivity contribution in [3.8, 4) is 0 Å². The number of unbranched alkanes of at least 4 members (excludes halogenated alkanes) is 3. The average Bonchev–Trinajstić information content (AvgIpc) is 3.31. The lowest BCUT2D eigenvalue weighted by Crippen LogP contribution is -2.33. The zero-order valence-electron chi connectivity index (χ0n) is 19.8. The van der Waals surface area contributed by atoms with Gasteiger partial charge in [-0.25, -0.2) is 28.4 Å². The number of thioether (sulfide) groups is 1. The summed E-state index contributed by atoms with van der Waals surface area (Å²) in [6.45, 7) is -3.26. The summed E-state index contributed by atoms with van der Waals surface area (Å²) in [4.78, 5) is 49.5. The number of anilines is 1. The summed E-state index contributed by atoms with van der Waals surface area (Å²) in [7, 11) is -11.0. The second-order valence-electron chi connectivity index (χ2n) is 8.06. The Morgan fingerprint density at radius 1 is 1.13 bits per heavy atom. The molecular weight excluding hydrogens is 611 g/mol. The van der Waals surface area contributed by atoms with Crippen molar-refractivity contribution >= 4 is 62.9 Å². The summed E-state index contributed by atoms with van der Waals surface area (Å²) >= 11 is 5.96. The highest BCUT2D eigenvalue weighted by atomic mass is 32.5. The van der Waals surface area contributed by atoms with Gasteiger partial charge in [0.25, 0.3) is 0 Å². The normalized spacial score (nSPS) is 25.4. The number of aliphatic hydroxyl groups excluding tert-OH is 2. The van der Waals surface area contributed by atoms with Gasteiger partial charge in [-0.15, -0.1) is 0 Å². The number of fused-ring (bicyclic) bond motifs is 1. The van der Waals surface area contributed by atoms with Crippen LogP contribution in [-0.2, 0) is 38.8 Å². The smallest absolute Gasteiger partial charge is 0.387 e. The quantitative estimate of drug-likeness (QED) is 0.0661. The van der Waals surface area contributed by atoms with Gasteiger partial charge in [-0.1, -0.05) is 37.9 Å². The van der Waals surface area contributed by atoms with Crippen LogP contribution in [-0.4, -0.2) is 80.0 Å². The number of ether oxygens (including phenoxy) is 1. The second-order valence-corrected chi connectivity index (χ2v) is 14.9. The van der Waals surface area contributed by atoms with E-state index in [1.807, 2.05) is 0 Å². The van der Waals surface area contributed by atoms with E-state index in [9.17, 15) is 29.1 Å². The van der Waals surface area contributed by atoms with Crippen LogP contribution >= 0.6 is 34.1 Å². The maximum atomic E-state index is 11.6. The lowest BCUT2D eigenvalue weighted by molar-refractivity contribution is -0.0486. The molecule has 38 heavy (non-hydrogen) atoms. The minimum atomic E-state index is -5.51. The first kappa shape index (κ1) is 31.9. The summed E-state index contributed by atoms with van der Waals surface area (Å²) in [5.41, 5.74) is 6.51. The fraction of sp³-hybridized carbons (Fsp3) is 0.688. The van der Waals surface area contributed by atoms with Crippen LogP contribution < -0.4 is 5.73 Å². The van der Waals surface area contributed by atoms with E-state index < -0.39 is 53.5 Å². The Kier molecular flexibility index (Phi) is 10.9. The third kappa shape index (κ3) is 8.70. The molecule has 3 heterocycles. The van der Waals surface area contributed by atoms with Crippen LogP contribution in [0.15, 0.2) is 11.5 Å². The fourth-order valence-electron chi connectivity index (χ4n) is 3.43. The first-order chi connectivity index (χ1) is 17.6. The van der Waals surface area contributed by atoms with Crippen LogP contribution in [0.1, 0.15) is 38.8 Å². The molecule has 2 unspecified atom stereocenters. The van der Waals surface area contributed by atoms with E-state index >= 15 is 0 Å². The zero-order valence-corrected chi connectivity index (χ0v) is 24.1. The predicted octanol–water partition coefficient (Wildman–Crippen LogP) is 1.16. The molecule has 1 fully saturated rings. The van der Waals surface area contributed by atoms with E-state index in [1.165, 1.54) is 22.7 Å². The van der Waals surface area contributed by atoms with Crippen molar-refractivity contribution in [2.45, 2.75) is 62.3 Å². The first-order valence-electron chi connectivity index (χ1n) is 11.1. The summed E-state index contributed by atoms with van der Waals surface area (Å²) in [6, 6.07) is 0. The number of imidazole rings is 1. The number of aromatic nitrogens is 4. The Balaban J connectivity index is 1.70. The highest BCUT2D eigenvalue weighted by Crippen LogP contribution is 2.66. The molecule has 2 aromatic heterocycles. The van der Waals surface area contributed by atoms with Crippen molar-refractivity contribution in [1.29, 1.82) is 0 Å². The molecule has 6 atom stereocenters. The van der Waals surface area contributed by atoms with Crippen LogP contribution in [0.25, 0.3) is 11.2 Å². The highest BCUT2D eigenvalue weighted by Gasteiger charge is 2.46. The Morgan fingerprint density at radius 3 is 2.50 bits per heavy atom. The van der Waals surface area contributed by atoms with Crippen molar-refractivity contribution in [3.05, 3.63) is 6.33 Å².